The summed E-state index contributed by atoms with van der Waals surface area (Å²) in [5.41, 5.74) is 0. The fourth-order valence-corrected chi connectivity index (χ4v) is 3.81. The topological polar surface area (TPSA) is 63.7 Å². The maximum atomic E-state index is 12.1. The monoisotopic (exact) mass is 311 g/mol. The Balaban J connectivity index is 1.87. The molecule has 0 radical (unpaired) electrons. The Bertz CT molecular complexity index is 571. The minimum absolute atomic E-state index is 0.0386. The zero-order chi connectivity index (χ0) is 15.3. The molecule has 0 N–H and O–H groups in total. The van der Waals surface area contributed by atoms with Crippen molar-refractivity contribution in [2.24, 2.45) is 5.92 Å². The molecule has 1 fully saturated rings. The first-order valence-corrected chi connectivity index (χ1v) is 8.72. The van der Waals surface area contributed by atoms with Crippen molar-refractivity contribution in [3.05, 3.63) is 30.3 Å². The number of carbonyl (C=O) groups excluding carboxylic acids is 1. The fourth-order valence-electron chi connectivity index (χ4n) is 2.56. The lowest BCUT2D eigenvalue weighted by Gasteiger charge is -2.16. The molecule has 1 saturated heterocycles. The van der Waals surface area contributed by atoms with Crippen LogP contribution in [0, 0.1) is 5.92 Å². The Morgan fingerprint density at radius 2 is 2.05 bits per heavy atom. The highest BCUT2D eigenvalue weighted by Crippen LogP contribution is 2.18. The Kier molecular flexibility index (Phi) is 5.36. The lowest BCUT2D eigenvalue weighted by atomic mass is 10.1. The number of hydrogen-bond acceptors (Lipinski definition) is 4. The minimum atomic E-state index is -3.38. The quantitative estimate of drug-likeness (QED) is 0.795. The van der Waals surface area contributed by atoms with Crippen LogP contribution in [-0.4, -0.2) is 51.8 Å². The van der Waals surface area contributed by atoms with Gasteiger partial charge < -0.3 is 9.64 Å². The molecular formula is C15H21NO4S. The summed E-state index contributed by atoms with van der Waals surface area (Å²) in [6, 6.07) is 8.26. The molecule has 1 aromatic carbocycles. The van der Waals surface area contributed by atoms with E-state index in [1.165, 1.54) is 0 Å². The van der Waals surface area contributed by atoms with Gasteiger partial charge in [-0.25, -0.2) is 8.42 Å². The van der Waals surface area contributed by atoms with Gasteiger partial charge in [0.25, 0.3) is 0 Å². The van der Waals surface area contributed by atoms with E-state index in [2.05, 4.69) is 0 Å². The smallest absolute Gasteiger partial charge is 0.223 e. The van der Waals surface area contributed by atoms with Crippen molar-refractivity contribution in [3.63, 3.8) is 0 Å². The molecule has 1 atom stereocenters. The van der Waals surface area contributed by atoms with Gasteiger partial charge >= 0.3 is 0 Å². The summed E-state index contributed by atoms with van der Waals surface area (Å²) in [4.78, 5) is 14.1. The van der Waals surface area contributed by atoms with E-state index in [0.717, 1.165) is 6.42 Å². The number of benzene rings is 1. The second-order valence-electron chi connectivity index (χ2n) is 5.33. The third-order valence-electron chi connectivity index (χ3n) is 3.73. The van der Waals surface area contributed by atoms with E-state index < -0.39 is 9.84 Å². The van der Waals surface area contributed by atoms with Crippen molar-refractivity contribution in [1.82, 2.24) is 4.90 Å². The van der Waals surface area contributed by atoms with Gasteiger partial charge in [0.15, 0.2) is 9.84 Å². The van der Waals surface area contributed by atoms with Crippen LogP contribution >= 0.6 is 0 Å². The van der Waals surface area contributed by atoms with Crippen LogP contribution in [0.25, 0.3) is 0 Å². The molecule has 116 valence electrons. The zero-order valence-electron chi connectivity index (χ0n) is 12.2. The first kappa shape index (κ1) is 16.0. The summed E-state index contributed by atoms with van der Waals surface area (Å²) in [7, 11) is -1.73. The molecule has 1 unspecified atom stereocenters. The molecule has 1 amide bonds. The lowest BCUT2D eigenvalue weighted by molar-refractivity contribution is -0.129. The van der Waals surface area contributed by atoms with Crippen molar-refractivity contribution in [2.75, 3.05) is 32.6 Å². The summed E-state index contributed by atoms with van der Waals surface area (Å²) in [5.74, 6) is 0.138. The van der Waals surface area contributed by atoms with Gasteiger partial charge in [-0.05, 0) is 18.6 Å². The predicted molar refractivity (Wildman–Crippen MR) is 79.7 cm³/mol. The molecule has 1 aliphatic heterocycles. The zero-order valence-corrected chi connectivity index (χ0v) is 13.0. The average Bonchev–Trinajstić information content (AvgIpc) is 2.95. The molecule has 1 heterocycles. The number of amides is 1. The maximum Gasteiger partial charge on any atom is 0.223 e. The molecule has 6 heteroatoms. The molecule has 0 saturated carbocycles. The third kappa shape index (κ3) is 4.28. The normalized spacial score (nSPS) is 18.9. The molecule has 21 heavy (non-hydrogen) atoms. The van der Waals surface area contributed by atoms with Gasteiger partial charge in [0, 0.05) is 32.5 Å². The van der Waals surface area contributed by atoms with E-state index in [1.807, 2.05) is 0 Å². The van der Waals surface area contributed by atoms with Crippen molar-refractivity contribution in [2.45, 2.75) is 17.7 Å². The summed E-state index contributed by atoms with van der Waals surface area (Å²) >= 11 is 0. The highest BCUT2D eigenvalue weighted by Gasteiger charge is 2.27. The summed E-state index contributed by atoms with van der Waals surface area (Å²) < 4.78 is 29.3. The van der Waals surface area contributed by atoms with Crippen molar-refractivity contribution < 1.29 is 17.9 Å². The van der Waals surface area contributed by atoms with E-state index in [4.69, 9.17) is 4.74 Å². The molecule has 0 aliphatic carbocycles. The number of rotatable bonds is 6. The second kappa shape index (κ2) is 7.04. The van der Waals surface area contributed by atoms with Crippen molar-refractivity contribution in [1.29, 1.82) is 0 Å². The third-order valence-corrected chi connectivity index (χ3v) is 5.46. The van der Waals surface area contributed by atoms with Gasteiger partial charge in [0.05, 0.1) is 17.3 Å². The van der Waals surface area contributed by atoms with Crippen LogP contribution in [0.15, 0.2) is 35.2 Å². The Morgan fingerprint density at radius 3 is 2.71 bits per heavy atom. The van der Waals surface area contributed by atoms with Crippen LogP contribution < -0.4 is 0 Å². The fraction of sp³-hybridized carbons (Fsp3) is 0.533. The number of hydrogen-bond donors (Lipinski definition) is 0. The molecule has 1 aromatic rings. The van der Waals surface area contributed by atoms with E-state index >= 15 is 0 Å². The van der Waals surface area contributed by atoms with Gasteiger partial charge in [-0.15, -0.1) is 0 Å². The Morgan fingerprint density at radius 1 is 1.33 bits per heavy atom. The Labute approximate surface area is 125 Å². The molecule has 1 aliphatic rings. The van der Waals surface area contributed by atoms with Crippen LogP contribution in [0.3, 0.4) is 0 Å². The van der Waals surface area contributed by atoms with Crippen molar-refractivity contribution in [3.8, 4) is 0 Å². The second-order valence-corrected chi connectivity index (χ2v) is 7.44. The number of likely N-dealkylation sites (tertiary alicyclic amines) is 1. The molecular weight excluding hydrogens is 290 g/mol. The Hall–Kier alpha value is -1.40. The van der Waals surface area contributed by atoms with Crippen LogP contribution in [0.1, 0.15) is 12.8 Å². The van der Waals surface area contributed by atoms with Crippen LogP contribution in [0.4, 0.5) is 0 Å². The number of methoxy groups -OCH3 is 1. The van der Waals surface area contributed by atoms with Crippen LogP contribution in [0.2, 0.25) is 0 Å². The van der Waals surface area contributed by atoms with E-state index in [0.29, 0.717) is 25.6 Å². The SMILES string of the molecule is COCC1CCN(C(=O)CCS(=O)(=O)c2ccccc2)C1. The van der Waals surface area contributed by atoms with Crippen molar-refractivity contribution >= 4 is 15.7 Å². The molecule has 0 bridgehead atoms. The number of carbonyl (C=O) groups is 1. The van der Waals surface area contributed by atoms with Gasteiger partial charge in [-0.2, -0.15) is 0 Å². The largest absolute Gasteiger partial charge is 0.384 e. The molecule has 0 spiro atoms. The van der Waals surface area contributed by atoms with Crippen LogP contribution in [0.5, 0.6) is 0 Å². The standard InChI is InChI=1S/C15H21NO4S/c1-20-12-13-7-9-16(11-13)15(17)8-10-21(18,19)14-5-3-2-4-6-14/h2-6,13H,7-12H2,1H3. The first-order valence-electron chi connectivity index (χ1n) is 7.07. The molecule has 0 aromatic heterocycles. The summed E-state index contributed by atoms with van der Waals surface area (Å²) in [6.45, 7) is 2.00. The van der Waals surface area contributed by atoms with Gasteiger partial charge in [0.2, 0.25) is 5.91 Å². The predicted octanol–water partition coefficient (Wildman–Crippen LogP) is 1.35. The van der Waals surface area contributed by atoms with E-state index in [-0.39, 0.29) is 23.0 Å². The lowest BCUT2D eigenvalue weighted by Crippen LogP contribution is -2.30. The van der Waals surface area contributed by atoms with Gasteiger partial charge in [-0.3, -0.25) is 4.79 Å². The van der Waals surface area contributed by atoms with Crippen LogP contribution in [-0.2, 0) is 19.4 Å². The summed E-state index contributed by atoms with van der Waals surface area (Å²) in [5, 5.41) is 0. The van der Waals surface area contributed by atoms with Gasteiger partial charge in [-0.1, -0.05) is 18.2 Å². The molecule has 5 nitrogen and oxygen atoms in total. The highest BCUT2D eigenvalue weighted by molar-refractivity contribution is 7.91. The number of sulfone groups is 1. The minimum Gasteiger partial charge on any atom is -0.384 e. The number of ether oxygens (including phenoxy) is 1. The first-order chi connectivity index (χ1) is 10.0. The molecule has 2 rings (SSSR count). The highest BCUT2D eigenvalue weighted by atomic mass is 32.2. The van der Waals surface area contributed by atoms with E-state index in [9.17, 15) is 13.2 Å². The van der Waals surface area contributed by atoms with Gasteiger partial charge in [0.1, 0.15) is 0 Å². The van der Waals surface area contributed by atoms with E-state index in [1.54, 1.807) is 42.3 Å². The average molecular weight is 311 g/mol. The maximum absolute atomic E-state index is 12.1. The number of nitrogens with zero attached hydrogens (tertiary/aromatic N) is 1. The summed E-state index contributed by atoms with van der Waals surface area (Å²) in [6.07, 6.45) is 0.960.